The van der Waals surface area contributed by atoms with Crippen LogP contribution >= 0.6 is 0 Å². The first-order valence-electron chi connectivity index (χ1n) is 20.2. The molecule has 0 aliphatic rings. The van der Waals surface area contributed by atoms with Crippen LogP contribution in [0.25, 0.3) is 0 Å². The van der Waals surface area contributed by atoms with Crippen molar-refractivity contribution in [3.05, 3.63) is 182 Å². The van der Waals surface area contributed by atoms with Crippen molar-refractivity contribution in [1.29, 1.82) is 0 Å². The molecule has 0 amide bonds. The zero-order chi connectivity index (χ0) is 40.5. The molecule has 6 rings (SSSR count). The van der Waals surface area contributed by atoms with Crippen LogP contribution in [0.4, 0.5) is 34.1 Å². The van der Waals surface area contributed by atoms with E-state index in [1.165, 1.54) is 40.5 Å². The summed E-state index contributed by atoms with van der Waals surface area (Å²) >= 11 is 0. The Balaban J connectivity index is -0.000000696. The highest BCUT2D eigenvalue weighted by atomic mass is 15.1. The highest BCUT2D eigenvalue weighted by Crippen LogP contribution is 2.34. The zero-order valence-corrected chi connectivity index (χ0v) is 35.9. The quantitative estimate of drug-likeness (QED) is 0.169. The van der Waals surface area contributed by atoms with Gasteiger partial charge in [-0.3, -0.25) is 0 Å². The number of rotatable bonds is 6. The van der Waals surface area contributed by atoms with Gasteiger partial charge in [0, 0.05) is 34.1 Å². The Kier molecular flexibility index (Phi) is 39.2. The maximum Gasteiger partial charge on any atom is 0.0461 e. The van der Waals surface area contributed by atoms with Gasteiger partial charge in [0.2, 0.25) is 0 Å². The maximum atomic E-state index is 2.25. The van der Waals surface area contributed by atoms with Crippen molar-refractivity contribution in [2.45, 2.75) is 103 Å². The van der Waals surface area contributed by atoms with E-state index in [4.69, 9.17) is 0 Å². The summed E-state index contributed by atoms with van der Waals surface area (Å²) < 4.78 is 0. The lowest BCUT2D eigenvalue weighted by Gasteiger charge is -2.25. The molecule has 2 heteroatoms. The molecule has 0 saturated heterocycles. The van der Waals surface area contributed by atoms with Crippen LogP contribution in [-0.4, -0.2) is 0 Å². The molecule has 0 saturated carbocycles. The van der Waals surface area contributed by atoms with Gasteiger partial charge in [-0.2, -0.15) is 0 Å². The summed E-state index contributed by atoms with van der Waals surface area (Å²) in [6, 6.07) is 62.5. The smallest absolute Gasteiger partial charge is 0.0461 e. The van der Waals surface area contributed by atoms with Crippen LogP contribution in [0.3, 0.4) is 0 Å². The zero-order valence-electron chi connectivity index (χ0n) is 35.9. The molecule has 53 heavy (non-hydrogen) atoms. The molecule has 0 radical (unpaired) electrons. The fourth-order valence-electron chi connectivity index (χ4n) is 4.36. The van der Waals surface area contributed by atoms with Crippen molar-refractivity contribution >= 4 is 34.1 Å². The third kappa shape index (κ3) is 21.1. The van der Waals surface area contributed by atoms with Crippen LogP contribution in [0, 0.1) is 0 Å². The number of nitrogens with zero attached hydrogens (tertiary/aromatic N) is 2. The highest BCUT2D eigenvalue weighted by Gasteiger charge is 2.11. The molecule has 0 aromatic heterocycles. The van der Waals surface area contributed by atoms with Crippen molar-refractivity contribution in [3.63, 3.8) is 0 Å². The second kappa shape index (κ2) is 39.7. The second-order valence-corrected chi connectivity index (χ2v) is 9.39. The van der Waals surface area contributed by atoms with Crippen LogP contribution in [-0.2, 0) is 0 Å². The molecule has 0 heterocycles. The predicted molar refractivity (Wildman–Crippen MR) is 246 cm³/mol. The molecule has 288 valence electrons. The third-order valence-corrected chi connectivity index (χ3v) is 6.09. The first-order chi connectivity index (χ1) is 26.3. The molecule has 0 N–H and O–H groups in total. The average molecular weight is 715 g/mol. The van der Waals surface area contributed by atoms with Gasteiger partial charge in [-0.15, -0.1) is 0 Å². The summed E-state index contributed by atoms with van der Waals surface area (Å²) in [5.41, 5.74) is 7.00. The lowest BCUT2D eigenvalue weighted by molar-refractivity contribution is 1.09. The van der Waals surface area contributed by atoms with Gasteiger partial charge in [-0.25, -0.2) is 0 Å². The lowest BCUT2D eigenvalue weighted by atomic mass is 10.2. The summed E-state index contributed by atoms with van der Waals surface area (Å²) in [5.74, 6) is 0. The topological polar surface area (TPSA) is 6.48 Å². The Bertz CT molecular complexity index is 1180. The van der Waals surface area contributed by atoms with Crippen molar-refractivity contribution in [3.8, 4) is 0 Å². The van der Waals surface area contributed by atoms with Crippen LogP contribution in [0.5, 0.6) is 0 Å². The molecule has 0 unspecified atom stereocenters. The molecule has 6 aromatic carbocycles. The molecule has 0 atom stereocenters. The monoisotopic (exact) mass is 715 g/mol. The van der Waals surface area contributed by atoms with Crippen LogP contribution in [0.15, 0.2) is 182 Å². The molecule has 2 nitrogen and oxygen atoms in total. The molecule has 0 aliphatic heterocycles. The van der Waals surface area contributed by atoms with E-state index in [-0.39, 0.29) is 0 Å². The molecule has 0 aliphatic carbocycles. The summed E-state index contributed by atoms with van der Waals surface area (Å²) in [7, 11) is 0. The van der Waals surface area contributed by atoms with Gasteiger partial charge in [-0.05, 0) is 72.8 Å². The molecular weight excluding hydrogens is 641 g/mol. The minimum Gasteiger partial charge on any atom is -0.311 e. The van der Waals surface area contributed by atoms with Gasteiger partial charge in [0.25, 0.3) is 0 Å². The molecule has 0 fully saturated rings. The Labute approximate surface area is 328 Å². The summed E-state index contributed by atoms with van der Waals surface area (Å²) in [6.07, 6.45) is 1.25. The van der Waals surface area contributed by atoms with Crippen molar-refractivity contribution in [2.24, 2.45) is 0 Å². The fraction of sp³-hybridized carbons (Fsp3) is 0.294. The maximum absolute atomic E-state index is 2.25. The lowest BCUT2D eigenvalue weighted by Crippen LogP contribution is -2.09. The van der Waals surface area contributed by atoms with E-state index in [0.717, 1.165) is 0 Å². The van der Waals surface area contributed by atoms with Gasteiger partial charge >= 0.3 is 0 Å². The SMILES string of the molecule is CC.CC.CC.CC.CC.CC.CCC.c1ccc(N(c2ccccc2)c2ccccc2)cc1.c1ccc(N(c2ccccc2)c2ccccc2)cc1. The van der Waals surface area contributed by atoms with Crippen LogP contribution in [0.1, 0.15) is 103 Å². The van der Waals surface area contributed by atoms with E-state index in [9.17, 15) is 0 Å². The van der Waals surface area contributed by atoms with Crippen LogP contribution < -0.4 is 9.80 Å². The number of hydrogen-bond acceptors (Lipinski definition) is 2. The summed E-state index contributed by atoms with van der Waals surface area (Å²) in [5, 5.41) is 0. The molecular formula is C51H74N2. The normalized spacial score (nSPS) is 8.26. The van der Waals surface area contributed by atoms with Gasteiger partial charge in [0.1, 0.15) is 0 Å². The highest BCUT2D eigenvalue weighted by molar-refractivity contribution is 5.77. The first-order valence-corrected chi connectivity index (χ1v) is 20.2. The molecule has 6 aromatic rings. The minimum absolute atomic E-state index is 1.17. The molecule has 0 spiro atoms. The van der Waals surface area contributed by atoms with E-state index in [2.05, 4.69) is 169 Å². The molecule has 0 bridgehead atoms. The van der Waals surface area contributed by atoms with E-state index in [1.54, 1.807) is 0 Å². The largest absolute Gasteiger partial charge is 0.311 e. The van der Waals surface area contributed by atoms with Gasteiger partial charge in [0.15, 0.2) is 0 Å². The third-order valence-electron chi connectivity index (χ3n) is 6.09. The number of benzene rings is 6. The Morgan fingerprint density at radius 2 is 0.321 bits per heavy atom. The minimum atomic E-state index is 1.17. The van der Waals surface area contributed by atoms with Crippen LogP contribution in [0.2, 0.25) is 0 Å². The number of hydrogen-bond donors (Lipinski definition) is 0. The fourth-order valence-corrected chi connectivity index (χ4v) is 4.36. The number of para-hydroxylation sites is 6. The van der Waals surface area contributed by atoms with Gasteiger partial charge < -0.3 is 9.80 Å². The predicted octanol–water partition coefficient (Wildman–Crippen LogP) is 17.9. The van der Waals surface area contributed by atoms with Crippen molar-refractivity contribution in [2.75, 3.05) is 9.80 Å². The average Bonchev–Trinajstić information content (AvgIpc) is 3.28. The second-order valence-electron chi connectivity index (χ2n) is 9.39. The Hall–Kier alpha value is -5.08. The van der Waals surface area contributed by atoms with E-state index < -0.39 is 0 Å². The van der Waals surface area contributed by atoms with E-state index in [0.29, 0.717) is 0 Å². The van der Waals surface area contributed by atoms with Crippen molar-refractivity contribution in [1.82, 2.24) is 0 Å². The van der Waals surface area contributed by atoms with E-state index >= 15 is 0 Å². The Morgan fingerprint density at radius 3 is 0.415 bits per heavy atom. The van der Waals surface area contributed by atoms with E-state index in [1.807, 2.05) is 119 Å². The summed E-state index contributed by atoms with van der Waals surface area (Å²) in [4.78, 5) is 4.50. The van der Waals surface area contributed by atoms with Crippen molar-refractivity contribution < 1.29 is 0 Å². The summed E-state index contributed by atoms with van der Waals surface area (Å²) in [6.45, 7) is 28.2. The van der Waals surface area contributed by atoms with Gasteiger partial charge in [-0.1, -0.05) is 213 Å². The Morgan fingerprint density at radius 1 is 0.226 bits per heavy atom. The first kappa shape index (κ1) is 52.3. The number of anilines is 6. The van der Waals surface area contributed by atoms with Gasteiger partial charge in [0.05, 0.1) is 0 Å². The standard InChI is InChI=1S/2C18H15N.C3H8.6C2H6/c2*1-4-10-16(11-5-1)19(17-12-6-2-7-13-17)18-14-8-3-9-15-18;1-3-2;6*1-2/h2*1-15H;3H2,1-2H3;6*1-2H3.